The van der Waals surface area contributed by atoms with Gasteiger partial charge in [-0.05, 0) is 44.5 Å². The van der Waals surface area contributed by atoms with Crippen molar-refractivity contribution in [2.75, 3.05) is 6.54 Å². The Morgan fingerprint density at radius 3 is 2.28 bits per heavy atom. The zero-order chi connectivity index (χ0) is 21.5. The largest absolute Gasteiger partial charge is 0.462 e. The van der Waals surface area contributed by atoms with Gasteiger partial charge in [0, 0.05) is 0 Å². The van der Waals surface area contributed by atoms with Crippen LogP contribution in [0.2, 0.25) is 0 Å². The quantitative estimate of drug-likeness (QED) is 0.685. The number of ether oxygens (including phenoxy) is 2. The summed E-state index contributed by atoms with van der Waals surface area (Å²) in [6.45, 7) is 5.71. The van der Waals surface area contributed by atoms with E-state index in [1.807, 2.05) is 0 Å². The molecule has 0 aliphatic carbocycles. The summed E-state index contributed by atoms with van der Waals surface area (Å²) in [4.78, 5) is 37.3. The Kier molecular flexibility index (Phi) is 5.36. The standard InChI is InChI=1S/C20H21NO7S/c1-11(2)27-16(22)10-21-19(23)17-14-8-6-5-7-13(14)9-15(18(17)29(21,25)26)20(24)28-12(3)4/h5-9,11-12H,10H2,1-4H3. The number of hydrogen-bond acceptors (Lipinski definition) is 7. The number of hydrogen-bond donors (Lipinski definition) is 0. The van der Waals surface area contributed by atoms with E-state index in [0.717, 1.165) is 0 Å². The third-order valence-electron chi connectivity index (χ3n) is 4.19. The van der Waals surface area contributed by atoms with Crippen LogP contribution in [-0.2, 0) is 24.3 Å². The predicted octanol–water partition coefficient (Wildman–Crippen LogP) is 2.50. The van der Waals surface area contributed by atoms with Crippen LogP contribution in [0, 0.1) is 0 Å². The minimum atomic E-state index is -4.45. The normalized spacial score (nSPS) is 15.1. The number of carbonyl (C=O) groups excluding carboxylic acids is 3. The van der Waals surface area contributed by atoms with Crippen LogP contribution in [0.25, 0.3) is 10.8 Å². The first-order chi connectivity index (χ1) is 13.5. The Morgan fingerprint density at radius 2 is 1.66 bits per heavy atom. The summed E-state index contributed by atoms with van der Waals surface area (Å²) in [5, 5.41) is 0.883. The van der Waals surface area contributed by atoms with Crippen molar-refractivity contribution >= 4 is 38.6 Å². The molecule has 0 fully saturated rings. The van der Waals surface area contributed by atoms with Crippen molar-refractivity contribution in [3.8, 4) is 0 Å². The van der Waals surface area contributed by atoms with Crippen molar-refractivity contribution in [2.45, 2.75) is 44.8 Å². The van der Waals surface area contributed by atoms with E-state index in [4.69, 9.17) is 9.47 Å². The Hall–Kier alpha value is -2.94. The minimum absolute atomic E-state index is 0.142. The molecule has 0 radical (unpaired) electrons. The number of rotatable bonds is 5. The maximum atomic E-state index is 13.2. The molecule has 0 bridgehead atoms. The second-order valence-corrected chi connectivity index (χ2v) is 8.96. The average Bonchev–Trinajstić information content (AvgIpc) is 2.81. The maximum Gasteiger partial charge on any atom is 0.339 e. The fourth-order valence-corrected chi connectivity index (χ4v) is 4.84. The fourth-order valence-electron chi connectivity index (χ4n) is 3.16. The van der Waals surface area contributed by atoms with Crippen LogP contribution >= 0.6 is 0 Å². The lowest BCUT2D eigenvalue weighted by Gasteiger charge is -2.16. The first-order valence-electron chi connectivity index (χ1n) is 9.07. The van der Waals surface area contributed by atoms with Gasteiger partial charge in [-0.1, -0.05) is 24.3 Å². The van der Waals surface area contributed by atoms with Crippen molar-refractivity contribution < 1.29 is 32.3 Å². The van der Waals surface area contributed by atoms with Gasteiger partial charge in [-0.15, -0.1) is 0 Å². The van der Waals surface area contributed by atoms with Crippen LogP contribution in [0.3, 0.4) is 0 Å². The van der Waals surface area contributed by atoms with Gasteiger partial charge in [-0.2, -0.15) is 0 Å². The van der Waals surface area contributed by atoms with Crippen molar-refractivity contribution in [1.82, 2.24) is 4.31 Å². The van der Waals surface area contributed by atoms with Gasteiger partial charge in [0.15, 0.2) is 0 Å². The van der Waals surface area contributed by atoms with Gasteiger partial charge >= 0.3 is 11.9 Å². The number of nitrogens with zero attached hydrogens (tertiary/aromatic N) is 1. The van der Waals surface area contributed by atoms with Crippen LogP contribution in [-0.4, -0.2) is 49.3 Å². The molecule has 1 aliphatic heterocycles. The van der Waals surface area contributed by atoms with Crippen LogP contribution in [0.1, 0.15) is 48.4 Å². The van der Waals surface area contributed by atoms with Crippen LogP contribution in [0.5, 0.6) is 0 Å². The average molecular weight is 419 g/mol. The van der Waals surface area contributed by atoms with E-state index in [2.05, 4.69) is 0 Å². The highest BCUT2D eigenvalue weighted by Gasteiger charge is 2.46. The van der Waals surface area contributed by atoms with E-state index in [0.29, 0.717) is 15.1 Å². The summed E-state index contributed by atoms with van der Waals surface area (Å²) >= 11 is 0. The highest BCUT2D eigenvalue weighted by atomic mass is 32.2. The third kappa shape index (κ3) is 3.69. The maximum absolute atomic E-state index is 13.2. The van der Waals surface area contributed by atoms with E-state index in [1.165, 1.54) is 6.07 Å². The lowest BCUT2D eigenvalue weighted by atomic mass is 10.00. The van der Waals surface area contributed by atoms with Gasteiger partial charge in [0.2, 0.25) is 0 Å². The summed E-state index contributed by atoms with van der Waals surface area (Å²) < 4.78 is 36.9. The predicted molar refractivity (Wildman–Crippen MR) is 104 cm³/mol. The molecule has 0 aromatic heterocycles. The van der Waals surface area contributed by atoms with Gasteiger partial charge in [0.05, 0.1) is 23.3 Å². The van der Waals surface area contributed by atoms with Crippen molar-refractivity contribution in [3.63, 3.8) is 0 Å². The molecule has 0 spiro atoms. The zero-order valence-electron chi connectivity index (χ0n) is 16.5. The Morgan fingerprint density at radius 1 is 1.03 bits per heavy atom. The molecule has 29 heavy (non-hydrogen) atoms. The molecule has 0 N–H and O–H groups in total. The Balaban J connectivity index is 2.21. The summed E-state index contributed by atoms with van der Waals surface area (Å²) in [7, 11) is -4.45. The van der Waals surface area contributed by atoms with Gasteiger partial charge < -0.3 is 9.47 Å². The molecule has 0 unspecified atom stereocenters. The molecule has 9 heteroatoms. The topological polar surface area (TPSA) is 107 Å². The molecule has 0 atom stereocenters. The van der Waals surface area contributed by atoms with E-state index < -0.39 is 51.5 Å². The molecule has 1 amide bonds. The summed E-state index contributed by atoms with van der Waals surface area (Å²) in [5.41, 5.74) is -0.378. The van der Waals surface area contributed by atoms with Gasteiger partial charge in [0.1, 0.15) is 11.4 Å². The van der Waals surface area contributed by atoms with Crippen LogP contribution in [0.15, 0.2) is 35.2 Å². The first kappa shape index (κ1) is 20.8. The molecule has 0 saturated heterocycles. The molecule has 8 nitrogen and oxygen atoms in total. The van der Waals surface area contributed by atoms with Crippen LogP contribution in [0.4, 0.5) is 0 Å². The SMILES string of the molecule is CC(C)OC(=O)CN1C(=O)c2c(c(C(=O)OC(C)C)cc3ccccc23)S1(=O)=O. The number of sulfonamides is 1. The summed E-state index contributed by atoms with van der Waals surface area (Å²) in [6.07, 6.45) is -0.954. The first-order valence-corrected chi connectivity index (χ1v) is 10.5. The van der Waals surface area contributed by atoms with E-state index in [-0.39, 0.29) is 11.1 Å². The number of carbonyl (C=O) groups is 3. The van der Waals surface area contributed by atoms with E-state index >= 15 is 0 Å². The van der Waals surface area contributed by atoms with Crippen molar-refractivity contribution in [3.05, 3.63) is 41.5 Å². The highest BCUT2D eigenvalue weighted by Crippen LogP contribution is 2.38. The van der Waals surface area contributed by atoms with Gasteiger partial charge in [-0.3, -0.25) is 9.59 Å². The molecule has 154 valence electrons. The summed E-state index contributed by atoms with van der Waals surface area (Å²) in [6, 6.07) is 8.01. The molecular formula is C20H21NO7S. The monoisotopic (exact) mass is 419 g/mol. The smallest absolute Gasteiger partial charge is 0.339 e. The van der Waals surface area contributed by atoms with E-state index in [1.54, 1.807) is 52.0 Å². The third-order valence-corrected chi connectivity index (χ3v) is 6.01. The fraction of sp³-hybridized carbons (Fsp3) is 0.350. The highest BCUT2D eigenvalue weighted by molar-refractivity contribution is 7.90. The summed E-state index contributed by atoms with van der Waals surface area (Å²) in [5.74, 6) is -2.60. The number of benzene rings is 2. The molecule has 1 aliphatic rings. The Labute approximate surface area is 168 Å². The zero-order valence-corrected chi connectivity index (χ0v) is 17.3. The van der Waals surface area contributed by atoms with Gasteiger partial charge in [0.25, 0.3) is 15.9 Å². The molecule has 1 heterocycles. The molecular weight excluding hydrogens is 398 g/mol. The van der Waals surface area contributed by atoms with Crippen LogP contribution < -0.4 is 0 Å². The molecule has 2 aromatic rings. The second kappa shape index (κ2) is 7.47. The van der Waals surface area contributed by atoms with E-state index in [9.17, 15) is 22.8 Å². The molecule has 0 saturated carbocycles. The lowest BCUT2D eigenvalue weighted by Crippen LogP contribution is -2.36. The number of esters is 2. The molecule has 2 aromatic carbocycles. The van der Waals surface area contributed by atoms with Gasteiger partial charge in [-0.25, -0.2) is 17.5 Å². The Bertz CT molecular complexity index is 1120. The number of fused-ring (bicyclic) bond motifs is 3. The number of amides is 1. The van der Waals surface area contributed by atoms with Crippen molar-refractivity contribution in [1.29, 1.82) is 0 Å². The lowest BCUT2D eigenvalue weighted by molar-refractivity contribution is -0.147. The van der Waals surface area contributed by atoms with Crippen molar-refractivity contribution in [2.24, 2.45) is 0 Å². The second-order valence-electron chi connectivity index (χ2n) is 7.16. The molecule has 3 rings (SSSR count). The minimum Gasteiger partial charge on any atom is -0.462 e.